The molecule has 0 spiro atoms. The van der Waals surface area contributed by atoms with Crippen LogP contribution in [0.5, 0.6) is 0 Å². The lowest BCUT2D eigenvalue weighted by Crippen LogP contribution is -1.97. The number of nitrogens with zero attached hydrogens (tertiary/aromatic N) is 1. The maximum Gasteiger partial charge on any atom is 0.335 e. The Morgan fingerprint density at radius 1 is 1.44 bits per heavy atom. The van der Waals surface area contributed by atoms with Gasteiger partial charge < -0.3 is 5.11 Å². The van der Waals surface area contributed by atoms with Crippen LogP contribution >= 0.6 is 11.3 Å². The number of benzene rings is 1. The van der Waals surface area contributed by atoms with Crippen LogP contribution in [-0.4, -0.2) is 16.1 Å². The minimum atomic E-state index is -0.886. The van der Waals surface area contributed by atoms with Crippen LogP contribution in [0.1, 0.15) is 40.0 Å². The highest BCUT2D eigenvalue weighted by Gasteiger charge is 2.06. The largest absolute Gasteiger partial charge is 0.478 e. The van der Waals surface area contributed by atoms with E-state index >= 15 is 0 Å². The van der Waals surface area contributed by atoms with Crippen molar-refractivity contribution in [3.8, 4) is 0 Å². The lowest BCUT2D eigenvalue weighted by atomic mass is 10.1. The highest BCUT2D eigenvalue weighted by Crippen LogP contribution is 2.16. The molecule has 0 atom stereocenters. The van der Waals surface area contributed by atoms with Gasteiger partial charge in [0.05, 0.1) is 16.3 Å². The molecule has 3 nitrogen and oxygen atoms in total. The van der Waals surface area contributed by atoms with Gasteiger partial charge in [0.2, 0.25) is 0 Å². The quantitative estimate of drug-likeness (QED) is 0.897. The Kier molecular flexibility index (Phi) is 4.10. The van der Waals surface area contributed by atoms with Crippen LogP contribution in [-0.2, 0) is 12.8 Å². The molecule has 4 heteroatoms. The minimum Gasteiger partial charge on any atom is -0.478 e. The van der Waals surface area contributed by atoms with Crippen LogP contribution in [0.15, 0.2) is 29.6 Å². The molecule has 0 fully saturated rings. The second-order valence-electron chi connectivity index (χ2n) is 4.16. The number of hydrogen-bond acceptors (Lipinski definition) is 3. The summed E-state index contributed by atoms with van der Waals surface area (Å²) < 4.78 is 0. The van der Waals surface area contributed by atoms with Crippen molar-refractivity contribution in [3.05, 3.63) is 51.5 Å². The SMILES string of the molecule is CCCc1csc(Cc2cccc(C(=O)O)c2)n1. The lowest BCUT2D eigenvalue weighted by molar-refractivity contribution is 0.0697. The molecule has 0 bridgehead atoms. The van der Waals surface area contributed by atoms with Gasteiger partial charge in [-0.3, -0.25) is 0 Å². The van der Waals surface area contributed by atoms with E-state index < -0.39 is 5.97 Å². The Morgan fingerprint density at radius 2 is 2.28 bits per heavy atom. The molecule has 0 aliphatic carbocycles. The van der Waals surface area contributed by atoms with Crippen LogP contribution in [0, 0.1) is 0 Å². The summed E-state index contributed by atoms with van der Waals surface area (Å²) in [5, 5.41) is 12.1. The standard InChI is InChI=1S/C14H15NO2S/c1-2-4-12-9-18-13(15-12)8-10-5-3-6-11(7-10)14(16)17/h3,5-7,9H,2,4,8H2,1H3,(H,16,17). The molecule has 0 saturated heterocycles. The summed E-state index contributed by atoms with van der Waals surface area (Å²) in [6.07, 6.45) is 2.80. The van der Waals surface area contributed by atoms with Crippen LogP contribution in [0.3, 0.4) is 0 Å². The molecule has 2 rings (SSSR count). The Morgan fingerprint density at radius 3 is 3.00 bits per heavy atom. The molecule has 1 aromatic heterocycles. The number of hydrogen-bond donors (Lipinski definition) is 1. The van der Waals surface area contributed by atoms with Crippen LogP contribution < -0.4 is 0 Å². The first-order valence-corrected chi connectivity index (χ1v) is 6.82. The van der Waals surface area contributed by atoms with E-state index in [2.05, 4.69) is 17.3 Å². The Hall–Kier alpha value is -1.68. The van der Waals surface area contributed by atoms with E-state index in [9.17, 15) is 4.79 Å². The average Bonchev–Trinajstić information content (AvgIpc) is 2.77. The predicted molar refractivity (Wildman–Crippen MR) is 72.3 cm³/mol. The van der Waals surface area contributed by atoms with Gasteiger partial charge in [0.25, 0.3) is 0 Å². The molecule has 0 aliphatic heterocycles. The van der Waals surface area contributed by atoms with Gasteiger partial charge in [-0.25, -0.2) is 9.78 Å². The molecule has 2 aromatic rings. The van der Waals surface area contributed by atoms with E-state index in [1.165, 1.54) is 0 Å². The molecule has 1 N–H and O–H groups in total. The zero-order chi connectivity index (χ0) is 13.0. The third kappa shape index (κ3) is 3.17. The first-order chi connectivity index (χ1) is 8.69. The van der Waals surface area contributed by atoms with Crippen LogP contribution in [0.2, 0.25) is 0 Å². The van der Waals surface area contributed by atoms with Gasteiger partial charge in [-0.2, -0.15) is 0 Å². The van der Waals surface area contributed by atoms with Crippen molar-refractivity contribution in [2.24, 2.45) is 0 Å². The molecular formula is C14H15NO2S. The monoisotopic (exact) mass is 261 g/mol. The number of aromatic carboxylic acids is 1. The van der Waals surface area contributed by atoms with Crippen LogP contribution in [0.4, 0.5) is 0 Å². The number of aryl methyl sites for hydroxylation is 1. The van der Waals surface area contributed by atoms with E-state index in [0.29, 0.717) is 12.0 Å². The second-order valence-corrected chi connectivity index (χ2v) is 5.11. The molecule has 1 heterocycles. The average molecular weight is 261 g/mol. The lowest BCUT2D eigenvalue weighted by Gasteiger charge is -2.00. The third-order valence-corrected chi connectivity index (χ3v) is 3.53. The van der Waals surface area contributed by atoms with Gasteiger partial charge in [-0.15, -0.1) is 11.3 Å². The van der Waals surface area contributed by atoms with E-state index in [-0.39, 0.29) is 0 Å². The molecular weight excluding hydrogens is 246 g/mol. The van der Waals surface area contributed by atoms with E-state index in [1.54, 1.807) is 29.5 Å². The summed E-state index contributed by atoms with van der Waals surface area (Å²) in [7, 11) is 0. The van der Waals surface area contributed by atoms with Crippen molar-refractivity contribution in [2.75, 3.05) is 0 Å². The molecule has 0 saturated carbocycles. The zero-order valence-electron chi connectivity index (χ0n) is 10.2. The number of aromatic nitrogens is 1. The van der Waals surface area contributed by atoms with Gasteiger partial charge in [0.1, 0.15) is 0 Å². The minimum absolute atomic E-state index is 0.331. The van der Waals surface area contributed by atoms with E-state index in [4.69, 9.17) is 5.11 Å². The summed E-state index contributed by atoms with van der Waals surface area (Å²) in [4.78, 5) is 15.4. The van der Waals surface area contributed by atoms with Crippen LogP contribution in [0.25, 0.3) is 0 Å². The summed E-state index contributed by atoms with van der Waals surface area (Å²) in [5.41, 5.74) is 2.46. The molecule has 0 unspecified atom stereocenters. The molecule has 0 aliphatic rings. The molecule has 1 aromatic carbocycles. The van der Waals surface area contributed by atoms with Crippen molar-refractivity contribution in [3.63, 3.8) is 0 Å². The van der Waals surface area contributed by atoms with Crippen molar-refractivity contribution in [2.45, 2.75) is 26.2 Å². The van der Waals surface area contributed by atoms with Crippen molar-refractivity contribution < 1.29 is 9.90 Å². The Balaban J connectivity index is 2.12. The summed E-state index contributed by atoms with van der Waals surface area (Å²) in [5.74, 6) is -0.886. The van der Waals surface area contributed by atoms with Gasteiger partial charge >= 0.3 is 5.97 Å². The molecule has 0 amide bonds. The van der Waals surface area contributed by atoms with E-state index in [1.807, 2.05) is 6.07 Å². The number of carboxylic acid groups (broad SMARTS) is 1. The topological polar surface area (TPSA) is 50.2 Å². The predicted octanol–water partition coefficient (Wildman–Crippen LogP) is 3.38. The van der Waals surface area contributed by atoms with E-state index in [0.717, 1.165) is 29.1 Å². The van der Waals surface area contributed by atoms with Gasteiger partial charge in [0, 0.05) is 11.8 Å². The fourth-order valence-corrected chi connectivity index (χ4v) is 2.65. The maximum atomic E-state index is 10.9. The number of carboxylic acids is 1. The fourth-order valence-electron chi connectivity index (χ4n) is 1.79. The summed E-state index contributed by atoms with van der Waals surface area (Å²) in [6, 6.07) is 7.03. The molecule has 0 radical (unpaired) electrons. The third-order valence-electron chi connectivity index (χ3n) is 2.63. The number of carbonyl (C=O) groups is 1. The van der Waals surface area contributed by atoms with Gasteiger partial charge in [0.15, 0.2) is 0 Å². The fraction of sp³-hybridized carbons (Fsp3) is 0.286. The first kappa shape index (κ1) is 12.8. The normalized spacial score (nSPS) is 10.5. The van der Waals surface area contributed by atoms with Crippen molar-refractivity contribution in [1.29, 1.82) is 0 Å². The second kappa shape index (κ2) is 5.78. The summed E-state index contributed by atoms with van der Waals surface area (Å²) >= 11 is 1.64. The number of thiazole rings is 1. The smallest absolute Gasteiger partial charge is 0.335 e. The highest BCUT2D eigenvalue weighted by atomic mass is 32.1. The number of rotatable bonds is 5. The van der Waals surface area contributed by atoms with Gasteiger partial charge in [-0.05, 0) is 24.1 Å². The van der Waals surface area contributed by atoms with Gasteiger partial charge in [-0.1, -0.05) is 25.5 Å². The van der Waals surface area contributed by atoms with Crippen molar-refractivity contribution in [1.82, 2.24) is 4.98 Å². The highest BCUT2D eigenvalue weighted by molar-refractivity contribution is 7.09. The van der Waals surface area contributed by atoms with Crippen molar-refractivity contribution >= 4 is 17.3 Å². The Labute approximate surface area is 110 Å². The first-order valence-electron chi connectivity index (χ1n) is 5.94. The Bertz CT molecular complexity index is 548. The summed E-state index contributed by atoms with van der Waals surface area (Å²) in [6.45, 7) is 2.13. The maximum absolute atomic E-state index is 10.9. The molecule has 18 heavy (non-hydrogen) atoms. The zero-order valence-corrected chi connectivity index (χ0v) is 11.0. The molecule has 94 valence electrons.